The van der Waals surface area contributed by atoms with Gasteiger partial charge in [-0.3, -0.25) is 4.79 Å². The number of hydrogen-bond acceptors (Lipinski definition) is 3. The number of carbonyl (C=O) groups is 1. The smallest absolute Gasteiger partial charge is 0.306 e. The van der Waals surface area contributed by atoms with E-state index in [1.165, 1.54) is 0 Å². The Hall–Kier alpha value is -0.930. The van der Waals surface area contributed by atoms with Crippen LogP contribution in [0.2, 0.25) is 0 Å². The molecule has 1 aliphatic heterocycles. The summed E-state index contributed by atoms with van der Waals surface area (Å²) >= 11 is 0. The lowest BCUT2D eigenvalue weighted by Crippen LogP contribution is -2.17. The molecule has 0 spiro atoms. The molecular weight excluding hydrogens is 132 g/mol. The molecule has 0 aliphatic carbocycles. The molecule has 0 amide bonds. The molecule has 0 aromatic heterocycles. The van der Waals surface area contributed by atoms with Gasteiger partial charge < -0.3 is 5.11 Å². The fraction of sp³-hybridized carbons (Fsp3) is 0.833. The summed E-state index contributed by atoms with van der Waals surface area (Å²) < 4.78 is 0. The fourth-order valence-electron chi connectivity index (χ4n) is 0.834. The highest BCUT2D eigenvalue weighted by Gasteiger charge is 2.37. The van der Waals surface area contributed by atoms with Crippen molar-refractivity contribution < 1.29 is 9.90 Å². The van der Waals surface area contributed by atoms with E-state index in [2.05, 4.69) is 10.2 Å². The fourth-order valence-corrected chi connectivity index (χ4v) is 0.834. The van der Waals surface area contributed by atoms with Gasteiger partial charge in [-0.15, -0.1) is 0 Å². The predicted molar refractivity (Wildman–Crippen MR) is 34.7 cm³/mol. The van der Waals surface area contributed by atoms with Gasteiger partial charge >= 0.3 is 5.97 Å². The Morgan fingerprint density at radius 1 is 1.70 bits per heavy atom. The zero-order valence-electron chi connectivity index (χ0n) is 6.03. The van der Waals surface area contributed by atoms with Crippen molar-refractivity contribution in [2.24, 2.45) is 16.1 Å². The van der Waals surface area contributed by atoms with Crippen LogP contribution in [0.4, 0.5) is 0 Å². The van der Waals surface area contributed by atoms with Gasteiger partial charge in [0.05, 0.1) is 5.92 Å². The minimum Gasteiger partial charge on any atom is -0.481 e. The maximum atomic E-state index is 10.3. The SMILES string of the molecule is C[C@@H](CC1(C)N=N1)C(=O)O. The molecule has 0 unspecified atom stereocenters. The van der Waals surface area contributed by atoms with Crippen LogP contribution < -0.4 is 0 Å². The summed E-state index contributed by atoms with van der Waals surface area (Å²) in [7, 11) is 0. The second-order valence-corrected chi connectivity index (χ2v) is 2.86. The van der Waals surface area contributed by atoms with Gasteiger partial charge in [-0.1, -0.05) is 6.92 Å². The molecule has 4 heteroatoms. The topological polar surface area (TPSA) is 62.0 Å². The maximum absolute atomic E-state index is 10.3. The van der Waals surface area contributed by atoms with Crippen molar-refractivity contribution in [1.29, 1.82) is 0 Å². The van der Waals surface area contributed by atoms with E-state index >= 15 is 0 Å². The number of rotatable bonds is 3. The van der Waals surface area contributed by atoms with Crippen molar-refractivity contribution in [2.75, 3.05) is 0 Å². The lowest BCUT2D eigenvalue weighted by atomic mass is 10.0. The van der Waals surface area contributed by atoms with Crippen molar-refractivity contribution in [3.63, 3.8) is 0 Å². The average Bonchev–Trinajstić information content (AvgIpc) is 2.47. The van der Waals surface area contributed by atoms with Gasteiger partial charge in [0.2, 0.25) is 0 Å². The molecular formula is C6H10N2O2. The summed E-state index contributed by atoms with van der Waals surface area (Å²) in [5, 5.41) is 15.9. The molecule has 1 heterocycles. The number of nitrogens with zero attached hydrogens (tertiary/aromatic N) is 2. The Morgan fingerprint density at radius 3 is 2.50 bits per heavy atom. The molecule has 0 radical (unpaired) electrons. The quantitative estimate of drug-likeness (QED) is 0.645. The van der Waals surface area contributed by atoms with Gasteiger partial charge in [0.15, 0.2) is 5.66 Å². The number of aliphatic carboxylic acids is 1. The summed E-state index contributed by atoms with van der Waals surface area (Å²) in [6.45, 7) is 3.49. The first-order chi connectivity index (χ1) is 4.53. The number of carboxylic acids is 1. The first-order valence-corrected chi connectivity index (χ1v) is 3.20. The Morgan fingerprint density at radius 2 is 2.20 bits per heavy atom. The molecule has 0 aromatic carbocycles. The Balaban J connectivity index is 2.32. The van der Waals surface area contributed by atoms with Gasteiger partial charge in [0, 0.05) is 6.42 Å². The molecule has 0 saturated heterocycles. The van der Waals surface area contributed by atoms with Crippen LogP contribution in [-0.4, -0.2) is 16.7 Å². The first kappa shape index (κ1) is 7.18. The van der Waals surface area contributed by atoms with Crippen molar-refractivity contribution >= 4 is 5.97 Å². The molecule has 0 bridgehead atoms. The third-order valence-electron chi connectivity index (χ3n) is 1.56. The normalized spacial score (nSPS) is 22.2. The Bertz CT molecular complexity index is 182. The number of hydrogen-bond donors (Lipinski definition) is 1. The van der Waals surface area contributed by atoms with Gasteiger partial charge in [0.25, 0.3) is 0 Å². The Kier molecular flexibility index (Phi) is 1.46. The molecule has 0 saturated carbocycles. The van der Waals surface area contributed by atoms with Crippen molar-refractivity contribution in [3.05, 3.63) is 0 Å². The van der Waals surface area contributed by atoms with Crippen LogP contribution >= 0.6 is 0 Å². The van der Waals surface area contributed by atoms with E-state index in [1.54, 1.807) is 6.92 Å². The highest BCUT2D eigenvalue weighted by molar-refractivity contribution is 5.69. The molecule has 0 fully saturated rings. The van der Waals surface area contributed by atoms with E-state index in [-0.39, 0.29) is 11.6 Å². The zero-order valence-corrected chi connectivity index (χ0v) is 6.03. The van der Waals surface area contributed by atoms with E-state index in [4.69, 9.17) is 5.11 Å². The molecule has 1 aliphatic rings. The highest BCUT2D eigenvalue weighted by atomic mass is 16.4. The average molecular weight is 142 g/mol. The summed E-state index contributed by atoms with van der Waals surface area (Å²) in [4.78, 5) is 10.3. The zero-order chi connectivity index (χ0) is 7.78. The lowest BCUT2D eigenvalue weighted by molar-refractivity contribution is -0.141. The minimum atomic E-state index is -0.779. The summed E-state index contributed by atoms with van der Waals surface area (Å²) in [6.07, 6.45) is 0.516. The minimum absolute atomic E-state index is 0.347. The molecule has 56 valence electrons. The van der Waals surface area contributed by atoms with Crippen molar-refractivity contribution in [2.45, 2.75) is 25.9 Å². The molecule has 1 rings (SSSR count). The molecule has 0 aromatic rings. The summed E-state index contributed by atoms with van der Waals surface area (Å²) in [6, 6.07) is 0. The second-order valence-electron chi connectivity index (χ2n) is 2.86. The van der Waals surface area contributed by atoms with E-state index in [9.17, 15) is 4.79 Å². The van der Waals surface area contributed by atoms with Gasteiger partial charge in [-0.25, -0.2) is 0 Å². The van der Waals surface area contributed by atoms with Crippen LogP contribution in [0.5, 0.6) is 0 Å². The standard InChI is InChI=1S/C6H10N2O2/c1-4(5(9)10)3-6(2)7-8-6/h4H,3H2,1-2H3,(H,9,10)/t4-/m0/s1. The molecule has 4 nitrogen and oxygen atoms in total. The van der Waals surface area contributed by atoms with E-state index in [1.807, 2.05) is 6.92 Å². The van der Waals surface area contributed by atoms with E-state index < -0.39 is 5.97 Å². The summed E-state index contributed by atoms with van der Waals surface area (Å²) in [5.74, 6) is -1.13. The maximum Gasteiger partial charge on any atom is 0.306 e. The monoisotopic (exact) mass is 142 g/mol. The van der Waals surface area contributed by atoms with Gasteiger partial charge in [-0.05, 0) is 6.92 Å². The number of carboxylic acid groups (broad SMARTS) is 1. The van der Waals surface area contributed by atoms with Crippen LogP contribution in [0.15, 0.2) is 10.2 Å². The van der Waals surface area contributed by atoms with Crippen LogP contribution in [0.1, 0.15) is 20.3 Å². The second kappa shape index (κ2) is 2.04. The highest BCUT2D eigenvalue weighted by Crippen LogP contribution is 2.33. The predicted octanol–water partition coefficient (Wildman–Crippen LogP) is 1.28. The summed E-state index contributed by atoms with van der Waals surface area (Å²) in [5.41, 5.74) is -0.377. The van der Waals surface area contributed by atoms with Crippen LogP contribution in [0, 0.1) is 5.92 Å². The van der Waals surface area contributed by atoms with Crippen LogP contribution in [0.25, 0.3) is 0 Å². The largest absolute Gasteiger partial charge is 0.481 e. The molecule has 1 N–H and O–H groups in total. The van der Waals surface area contributed by atoms with E-state index in [0.717, 1.165) is 0 Å². The molecule has 1 atom stereocenters. The van der Waals surface area contributed by atoms with Crippen molar-refractivity contribution in [3.8, 4) is 0 Å². The third-order valence-corrected chi connectivity index (χ3v) is 1.56. The van der Waals surface area contributed by atoms with Gasteiger partial charge in [0.1, 0.15) is 0 Å². The third kappa shape index (κ3) is 1.52. The van der Waals surface area contributed by atoms with Crippen molar-refractivity contribution in [1.82, 2.24) is 0 Å². The lowest BCUT2D eigenvalue weighted by Gasteiger charge is -2.06. The van der Waals surface area contributed by atoms with Gasteiger partial charge in [-0.2, -0.15) is 10.2 Å². The molecule has 10 heavy (non-hydrogen) atoms. The Labute approximate surface area is 59.0 Å². The van der Waals surface area contributed by atoms with E-state index in [0.29, 0.717) is 6.42 Å². The van der Waals surface area contributed by atoms with Crippen LogP contribution in [0.3, 0.4) is 0 Å². The first-order valence-electron chi connectivity index (χ1n) is 3.20. The van der Waals surface area contributed by atoms with Crippen LogP contribution in [-0.2, 0) is 4.79 Å².